The van der Waals surface area contributed by atoms with Crippen LogP contribution in [0.3, 0.4) is 0 Å². The third-order valence-electron chi connectivity index (χ3n) is 6.97. The van der Waals surface area contributed by atoms with E-state index in [2.05, 4.69) is 54.0 Å². The van der Waals surface area contributed by atoms with Crippen LogP contribution in [0, 0.1) is 6.92 Å². The lowest BCUT2D eigenvalue weighted by molar-refractivity contribution is 0.340. The van der Waals surface area contributed by atoms with Gasteiger partial charge in [0.2, 0.25) is 10.0 Å². The minimum atomic E-state index is -3.58. The molecule has 4 aromatic rings. The summed E-state index contributed by atoms with van der Waals surface area (Å²) in [6.07, 6.45) is 2.73. The molecule has 1 aliphatic heterocycles. The Morgan fingerprint density at radius 3 is 2.43 bits per heavy atom. The van der Waals surface area contributed by atoms with Gasteiger partial charge in [-0.3, -0.25) is 0 Å². The van der Waals surface area contributed by atoms with Gasteiger partial charge in [-0.1, -0.05) is 36.4 Å². The lowest BCUT2D eigenvalue weighted by Crippen LogP contribution is -2.34. The van der Waals surface area contributed by atoms with Crippen molar-refractivity contribution in [2.24, 2.45) is 0 Å². The van der Waals surface area contributed by atoms with E-state index in [-0.39, 0.29) is 0 Å². The van der Waals surface area contributed by atoms with Crippen LogP contribution in [0.5, 0.6) is 11.5 Å². The quantitative estimate of drug-likeness (QED) is 0.293. The van der Waals surface area contributed by atoms with Crippen molar-refractivity contribution < 1.29 is 17.9 Å². The number of benzene rings is 3. The maximum Gasteiger partial charge on any atom is 0.243 e. The zero-order valence-corrected chi connectivity index (χ0v) is 22.3. The molecular formula is C30H32N2O4S. The van der Waals surface area contributed by atoms with Crippen LogP contribution in [0.1, 0.15) is 30.2 Å². The average Bonchev–Trinajstić information content (AvgIpc) is 3.20. The second kappa shape index (κ2) is 10.4. The van der Waals surface area contributed by atoms with Crippen LogP contribution >= 0.6 is 0 Å². The number of methoxy groups -OCH3 is 1. The first-order valence-electron chi connectivity index (χ1n) is 12.6. The topological polar surface area (TPSA) is 60.8 Å². The Hall–Kier alpha value is -3.55. The van der Waals surface area contributed by atoms with E-state index >= 15 is 0 Å². The summed E-state index contributed by atoms with van der Waals surface area (Å²) >= 11 is 0. The Bertz CT molecular complexity index is 1550. The Balaban J connectivity index is 1.44. The summed E-state index contributed by atoms with van der Waals surface area (Å²) in [6.45, 7) is 6.12. The number of fused-ring (bicyclic) bond motifs is 1. The summed E-state index contributed by atoms with van der Waals surface area (Å²) in [5, 5.41) is 1.19. The lowest BCUT2D eigenvalue weighted by Gasteiger charge is -2.26. The van der Waals surface area contributed by atoms with Crippen molar-refractivity contribution in [3.63, 3.8) is 0 Å². The van der Waals surface area contributed by atoms with Crippen molar-refractivity contribution in [2.45, 2.75) is 31.7 Å². The standard InChI is InChI=1S/C30H32N2O4S/c1-4-36-25-12-14-27(15-13-25)37(33,34)31-18-16-24(17-19-31)30-22(2)32(29-11-6-5-10-28(29)30)21-23-8-7-9-26(20-23)35-3/h5-16,20H,4,17-19,21H2,1-3H3. The van der Waals surface area contributed by atoms with Crippen LogP contribution in [-0.4, -0.2) is 44.1 Å². The highest BCUT2D eigenvalue weighted by Gasteiger charge is 2.28. The number of hydrogen-bond donors (Lipinski definition) is 0. The van der Waals surface area contributed by atoms with Crippen LogP contribution in [0.4, 0.5) is 0 Å². The number of rotatable bonds is 8. The monoisotopic (exact) mass is 516 g/mol. The molecule has 0 N–H and O–H groups in total. The Morgan fingerprint density at radius 2 is 1.73 bits per heavy atom. The Morgan fingerprint density at radius 1 is 0.946 bits per heavy atom. The molecule has 1 aliphatic rings. The third-order valence-corrected chi connectivity index (χ3v) is 8.85. The summed E-state index contributed by atoms with van der Waals surface area (Å²) in [5.74, 6) is 1.51. The maximum absolute atomic E-state index is 13.3. The predicted octanol–water partition coefficient (Wildman–Crippen LogP) is 5.88. The lowest BCUT2D eigenvalue weighted by atomic mass is 9.97. The normalized spacial score (nSPS) is 14.5. The molecule has 3 aromatic carbocycles. The summed E-state index contributed by atoms with van der Waals surface area (Å²) in [5.41, 5.74) is 5.91. The van der Waals surface area contributed by atoms with Crippen molar-refractivity contribution in [1.82, 2.24) is 8.87 Å². The molecule has 0 aliphatic carbocycles. The van der Waals surface area contributed by atoms with E-state index in [4.69, 9.17) is 9.47 Å². The van der Waals surface area contributed by atoms with Crippen LogP contribution in [0.15, 0.2) is 83.8 Å². The molecule has 0 fully saturated rings. The number of hydrogen-bond acceptors (Lipinski definition) is 4. The summed E-state index contributed by atoms with van der Waals surface area (Å²) < 4.78 is 41.3. The zero-order valence-electron chi connectivity index (χ0n) is 21.5. The molecule has 6 nitrogen and oxygen atoms in total. The number of sulfonamides is 1. The first kappa shape index (κ1) is 25.1. The predicted molar refractivity (Wildman–Crippen MR) is 148 cm³/mol. The van der Waals surface area contributed by atoms with Gasteiger partial charge in [-0.05, 0) is 73.9 Å². The minimum absolute atomic E-state index is 0.291. The van der Waals surface area contributed by atoms with E-state index in [1.165, 1.54) is 33.3 Å². The van der Waals surface area contributed by atoms with Gasteiger partial charge < -0.3 is 14.0 Å². The molecule has 37 heavy (non-hydrogen) atoms. The summed E-state index contributed by atoms with van der Waals surface area (Å²) in [4.78, 5) is 0.291. The average molecular weight is 517 g/mol. The van der Waals surface area contributed by atoms with Crippen molar-refractivity contribution in [2.75, 3.05) is 26.8 Å². The van der Waals surface area contributed by atoms with E-state index in [0.29, 0.717) is 36.8 Å². The van der Waals surface area contributed by atoms with Gasteiger partial charge in [0.1, 0.15) is 11.5 Å². The van der Waals surface area contributed by atoms with Gasteiger partial charge in [0.15, 0.2) is 0 Å². The molecule has 0 bridgehead atoms. The minimum Gasteiger partial charge on any atom is -0.497 e. The van der Waals surface area contributed by atoms with Gasteiger partial charge in [-0.15, -0.1) is 0 Å². The van der Waals surface area contributed by atoms with E-state index in [9.17, 15) is 8.42 Å². The number of ether oxygens (including phenoxy) is 2. The van der Waals surface area contributed by atoms with E-state index in [1.807, 2.05) is 19.1 Å². The van der Waals surface area contributed by atoms with Gasteiger partial charge in [0.05, 0.1) is 18.6 Å². The molecule has 192 valence electrons. The zero-order chi connectivity index (χ0) is 26.0. The molecule has 5 rings (SSSR count). The first-order chi connectivity index (χ1) is 17.9. The molecular weight excluding hydrogens is 484 g/mol. The maximum atomic E-state index is 13.3. The SMILES string of the molecule is CCOc1ccc(S(=O)(=O)N2CC=C(c3c(C)n(Cc4cccc(OC)c4)c4ccccc34)CC2)cc1. The summed E-state index contributed by atoms with van der Waals surface area (Å²) in [7, 11) is -1.89. The molecule has 0 atom stereocenters. The molecule has 0 spiro atoms. The smallest absolute Gasteiger partial charge is 0.243 e. The second-order valence-corrected chi connectivity index (χ2v) is 11.1. The number of para-hydroxylation sites is 1. The molecule has 2 heterocycles. The van der Waals surface area contributed by atoms with Crippen LogP contribution < -0.4 is 9.47 Å². The molecule has 0 amide bonds. The van der Waals surface area contributed by atoms with Gasteiger partial charge >= 0.3 is 0 Å². The highest BCUT2D eigenvalue weighted by Crippen LogP contribution is 2.36. The van der Waals surface area contributed by atoms with Gasteiger partial charge in [-0.25, -0.2) is 8.42 Å². The summed E-state index contributed by atoms with van der Waals surface area (Å²) in [6, 6.07) is 23.2. The number of aromatic nitrogens is 1. The Kier molecular flexibility index (Phi) is 7.09. The molecule has 0 saturated heterocycles. The molecule has 7 heteroatoms. The van der Waals surface area contributed by atoms with Gasteiger partial charge in [-0.2, -0.15) is 4.31 Å². The highest BCUT2D eigenvalue weighted by atomic mass is 32.2. The molecule has 0 unspecified atom stereocenters. The van der Waals surface area contributed by atoms with Crippen molar-refractivity contribution in [3.8, 4) is 11.5 Å². The molecule has 0 radical (unpaired) electrons. The number of nitrogens with zero attached hydrogens (tertiary/aromatic N) is 2. The van der Waals surface area contributed by atoms with Crippen molar-refractivity contribution in [1.29, 1.82) is 0 Å². The van der Waals surface area contributed by atoms with Crippen LogP contribution in [-0.2, 0) is 16.6 Å². The largest absolute Gasteiger partial charge is 0.497 e. The van der Waals surface area contributed by atoms with E-state index in [0.717, 1.165) is 12.3 Å². The fourth-order valence-corrected chi connectivity index (χ4v) is 6.49. The fourth-order valence-electron chi connectivity index (χ4n) is 5.11. The fraction of sp³-hybridized carbons (Fsp3) is 0.267. The molecule has 0 saturated carbocycles. The van der Waals surface area contributed by atoms with Crippen LogP contribution in [0.2, 0.25) is 0 Å². The van der Waals surface area contributed by atoms with Crippen LogP contribution in [0.25, 0.3) is 16.5 Å². The van der Waals surface area contributed by atoms with Gasteiger partial charge in [0.25, 0.3) is 0 Å². The van der Waals surface area contributed by atoms with Gasteiger partial charge in [0, 0.05) is 41.8 Å². The Labute approximate surface area is 218 Å². The molecule has 1 aromatic heterocycles. The van der Waals surface area contributed by atoms with Crippen molar-refractivity contribution in [3.05, 3.63) is 95.7 Å². The van der Waals surface area contributed by atoms with E-state index in [1.54, 1.807) is 35.7 Å². The third kappa shape index (κ3) is 4.89. The van der Waals surface area contributed by atoms with E-state index < -0.39 is 10.0 Å². The first-order valence-corrected chi connectivity index (χ1v) is 14.0. The highest BCUT2D eigenvalue weighted by molar-refractivity contribution is 7.89. The van der Waals surface area contributed by atoms with Crippen molar-refractivity contribution >= 4 is 26.5 Å². The second-order valence-electron chi connectivity index (χ2n) is 9.16.